The number of carbonyl (C=O) groups excluding carboxylic acids is 2. The van der Waals surface area contributed by atoms with E-state index in [0.717, 1.165) is 0 Å². The zero-order valence-corrected chi connectivity index (χ0v) is 12.8. The first-order chi connectivity index (χ1) is 11.2. The van der Waals surface area contributed by atoms with Gasteiger partial charge in [-0.05, 0) is 30.3 Å². The van der Waals surface area contributed by atoms with E-state index in [2.05, 4.69) is 15.5 Å². The molecule has 1 aromatic carbocycles. The van der Waals surface area contributed by atoms with E-state index in [1.165, 1.54) is 22.9 Å². The van der Waals surface area contributed by atoms with Crippen LogP contribution < -0.4 is 5.32 Å². The number of H-pyrrole nitrogens is 1. The van der Waals surface area contributed by atoms with Gasteiger partial charge in [0.1, 0.15) is 11.7 Å². The molecule has 0 saturated carbocycles. The van der Waals surface area contributed by atoms with Crippen molar-refractivity contribution in [2.45, 2.75) is 6.04 Å². The second kappa shape index (κ2) is 6.54. The summed E-state index contributed by atoms with van der Waals surface area (Å²) < 4.78 is 0. The Balaban J connectivity index is 1.70. The van der Waals surface area contributed by atoms with E-state index in [0.29, 0.717) is 28.6 Å². The molecule has 1 aromatic heterocycles. The predicted octanol–water partition coefficient (Wildman–Crippen LogP) is 1.44. The molecule has 7 nitrogen and oxygen atoms in total. The van der Waals surface area contributed by atoms with Gasteiger partial charge in [-0.25, -0.2) is 0 Å². The van der Waals surface area contributed by atoms with Gasteiger partial charge in [0.15, 0.2) is 0 Å². The molecule has 1 aliphatic heterocycles. The first-order valence-electron chi connectivity index (χ1n) is 6.88. The Morgan fingerprint density at radius 2 is 2.13 bits per heavy atom. The molecule has 23 heavy (non-hydrogen) atoms. The molecule has 3 rings (SSSR count). The number of anilines is 1. The molecular weight excluding hydrogens is 314 g/mol. The van der Waals surface area contributed by atoms with Crippen molar-refractivity contribution in [2.24, 2.45) is 0 Å². The maximum atomic E-state index is 12.4. The van der Waals surface area contributed by atoms with Gasteiger partial charge in [-0.2, -0.15) is 10.4 Å². The average molecular weight is 327 g/mol. The van der Waals surface area contributed by atoms with Crippen molar-refractivity contribution < 1.29 is 9.59 Å². The number of benzene rings is 1. The van der Waals surface area contributed by atoms with Gasteiger partial charge in [-0.15, -0.1) is 11.8 Å². The number of amides is 2. The molecule has 2 amide bonds. The minimum absolute atomic E-state index is 0.243. The quantitative estimate of drug-likeness (QED) is 0.888. The average Bonchev–Trinajstić information content (AvgIpc) is 3.26. The van der Waals surface area contributed by atoms with Crippen molar-refractivity contribution >= 4 is 29.3 Å². The Labute approximate surface area is 136 Å². The molecule has 1 aliphatic rings. The SMILES string of the molecule is N#Cc1ccc(NC(=O)C2CSCN2C(=O)c2ccn[nH]2)cc1. The van der Waals surface area contributed by atoms with Crippen LogP contribution in [0, 0.1) is 11.3 Å². The summed E-state index contributed by atoms with van der Waals surface area (Å²) in [5.74, 6) is 0.519. The number of nitrogens with zero attached hydrogens (tertiary/aromatic N) is 3. The van der Waals surface area contributed by atoms with Gasteiger partial charge in [0, 0.05) is 17.6 Å². The Kier molecular flexibility index (Phi) is 4.30. The third kappa shape index (κ3) is 3.19. The first kappa shape index (κ1) is 15.1. The lowest BCUT2D eigenvalue weighted by molar-refractivity contribution is -0.119. The van der Waals surface area contributed by atoms with E-state index >= 15 is 0 Å². The molecule has 2 heterocycles. The van der Waals surface area contributed by atoms with E-state index in [4.69, 9.17) is 5.26 Å². The molecule has 1 fully saturated rings. The maximum Gasteiger partial charge on any atom is 0.273 e. The highest BCUT2D eigenvalue weighted by Crippen LogP contribution is 2.24. The standard InChI is InChI=1S/C15H13N5O2S/c16-7-10-1-3-11(4-2-10)18-14(21)13-8-23-9-20(13)15(22)12-5-6-17-19-12/h1-6,13H,8-9H2,(H,17,19)(H,18,21). The van der Waals surface area contributed by atoms with E-state index < -0.39 is 6.04 Å². The summed E-state index contributed by atoms with van der Waals surface area (Å²) in [4.78, 5) is 26.4. The monoisotopic (exact) mass is 327 g/mol. The van der Waals surface area contributed by atoms with Gasteiger partial charge in [0.05, 0.1) is 17.5 Å². The van der Waals surface area contributed by atoms with Crippen LogP contribution in [-0.2, 0) is 4.79 Å². The van der Waals surface area contributed by atoms with Gasteiger partial charge >= 0.3 is 0 Å². The van der Waals surface area contributed by atoms with Crippen molar-refractivity contribution in [1.82, 2.24) is 15.1 Å². The van der Waals surface area contributed by atoms with Crippen LogP contribution in [-0.4, -0.2) is 44.6 Å². The van der Waals surface area contributed by atoms with Gasteiger partial charge in [0.25, 0.3) is 5.91 Å². The number of thioether (sulfide) groups is 1. The van der Waals surface area contributed by atoms with Crippen LogP contribution in [0.4, 0.5) is 5.69 Å². The van der Waals surface area contributed by atoms with E-state index in [1.54, 1.807) is 30.3 Å². The van der Waals surface area contributed by atoms with Crippen molar-refractivity contribution in [2.75, 3.05) is 16.9 Å². The van der Waals surface area contributed by atoms with Crippen molar-refractivity contribution in [3.63, 3.8) is 0 Å². The molecule has 116 valence electrons. The summed E-state index contributed by atoms with van der Waals surface area (Å²) in [6.45, 7) is 0. The zero-order valence-electron chi connectivity index (χ0n) is 12.0. The highest BCUT2D eigenvalue weighted by molar-refractivity contribution is 7.99. The summed E-state index contributed by atoms with van der Waals surface area (Å²) in [6, 6.07) is 9.67. The Morgan fingerprint density at radius 3 is 2.78 bits per heavy atom. The summed E-state index contributed by atoms with van der Waals surface area (Å²) >= 11 is 1.53. The topological polar surface area (TPSA) is 102 Å². The van der Waals surface area contributed by atoms with Crippen LogP contribution in [0.25, 0.3) is 0 Å². The zero-order chi connectivity index (χ0) is 16.2. The lowest BCUT2D eigenvalue weighted by Crippen LogP contribution is -2.44. The lowest BCUT2D eigenvalue weighted by Gasteiger charge is -2.22. The third-order valence-electron chi connectivity index (χ3n) is 3.46. The first-order valence-corrected chi connectivity index (χ1v) is 8.03. The van der Waals surface area contributed by atoms with Crippen molar-refractivity contribution in [3.05, 3.63) is 47.8 Å². The van der Waals surface area contributed by atoms with Crippen LogP contribution >= 0.6 is 11.8 Å². The predicted molar refractivity (Wildman–Crippen MR) is 85.7 cm³/mol. The van der Waals surface area contributed by atoms with Gasteiger partial charge in [0.2, 0.25) is 5.91 Å². The van der Waals surface area contributed by atoms with Crippen LogP contribution in [0.2, 0.25) is 0 Å². The number of nitriles is 1. The molecule has 1 atom stereocenters. The molecule has 8 heteroatoms. The molecule has 0 radical (unpaired) electrons. The summed E-state index contributed by atoms with van der Waals surface area (Å²) in [5, 5.41) is 17.9. The number of carbonyl (C=O) groups is 2. The van der Waals surface area contributed by atoms with Crippen molar-refractivity contribution in [1.29, 1.82) is 5.26 Å². The number of hydrogen-bond acceptors (Lipinski definition) is 5. The molecule has 1 saturated heterocycles. The number of hydrogen-bond donors (Lipinski definition) is 2. The molecule has 2 N–H and O–H groups in total. The third-order valence-corrected chi connectivity index (χ3v) is 4.47. The van der Waals surface area contributed by atoms with Crippen LogP contribution in [0.3, 0.4) is 0 Å². The van der Waals surface area contributed by atoms with Gasteiger partial charge in [-0.3, -0.25) is 14.7 Å². The summed E-state index contributed by atoms with van der Waals surface area (Å²) in [6.07, 6.45) is 1.50. The van der Waals surface area contributed by atoms with Crippen LogP contribution in [0.5, 0.6) is 0 Å². The lowest BCUT2D eigenvalue weighted by atomic mass is 10.2. The second-order valence-corrected chi connectivity index (χ2v) is 5.94. The van der Waals surface area contributed by atoms with Crippen molar-refractivity contribution in [3.8, 4) is 6.07 Å². The second-order valence-electron chi connectivity index (χ2n) is 4.94. The van der Waals surface area contributed by atoms with Crippen LogP contribution in [0.15, 0.2) is 36.5 Å². The fraction of sp³-hybridized carbons (Fsp3) is 0.200. The molecular formula is C15H13N5O2S. The summed E-state index contributed by atoms with van der Waals surface area (Å²) in [5.41, 5.74) is 1.49. The largest absolute Gasteiger partial charge is 0.324 e. The van der Waals surface area contributed by atoms with Gasteiger partial charge < -0.3 is 10.2 Å². The van der Waals surface area contributed by atoms with E-state index in [1.807, 2.05) is 6.07 Å². The maximum absolute atomic E-state index is 12.4. The van der Waals surface area contributed by atoms with E-state index in [-0.39, 0.29) is 11.8 Å². The summed E-state index contributed by atoms with van der Waals surface area (Å²) in [7, 11) is 0. The highest BCUT2D eigenvalue weighted by atomic mass is 32.2. The molecule has 0 spiro atoms. The number of aromatic amines is 1. The van der Waals surface area contributed by atoms with Crippen LogP contribution in [0.1, 0.15) is 16.1 Å². The highest BCUT2D eigenvalue weighted by Gasteiger charge is 2.35. The van der Waals surface area contributed by atoms with Gasteiger partial charge in [-0.1, -0.05) is 0 Å². The number of aromatic nitrogens is 2. The molecule has 1 unspecified atom stereocenters. The fourth-order valence-electron chi connectivity index (χ4n) is 2.24. The Hall–Kier alpha value is -2.79. The minimum atomic E-state index is -0.536. The Morgan fingerprint density at radius 1 is 1.35 bits per heavy atom. The molecule has 0 aliphatic carbocycles. The number of rotatable bonds is 3. The normalized spacial score (nSPS) is 16.8. The van der Waals surface area contributed by atoms with E-state index in [9.17, 15) is 9.59 Å². The smallest absolute Gasteiger partial charge is 0.273 e. The Bertz CT molecular complexity index is 751. The minimum Gasteiger partial charge on any atom is -0.324 e. The number of nitrogens with one attached hydrogen (secondary N) is 2. The fourth-order valence-corrected chi connectivity index (χ4v) is 3.40. The molecule has 0 bridgehead atoms. The molecule has 2 aromatic rings.